The van der Waals surface area contributed by atoms with E-state index < -0.39 is 14.9 Å². The van der Waals surface area contributed by atoms with Crippen molar-refractivity contribution in [3.63, 3.8) is 0 Å². The highest BCUT2D eigenvalue weighted by molar-refractivity contribution is 8.13. The molecule has 1 aliphatic carbocycles. The van der Waals surface area contributed by atoms with Crippen LogP contribution in [0.25, 0.3) is 11.4 Å². The molecule has 1 fully saturated rings. The molecule has 0 aliphatic heterocycles. The van der Waals surface area contributed by atoms with Crippen LogP contribution in [0.5, 0.6) is 0 Å². The van der Waals surface area contributed by atoms with Gasteiger partial charge in [-0.3, -0.25) is 4.57 Å². The Labute approximate surface area is 119 Å². The molecule has 1 aliphatic rings. The SMILES string of the molecule is Cc1ccc(F)c(-c2nnc(S(=O)(=O)Cl)n2C2CC2)c1. The van der Waals surface area contributed by atoms with E-state index in [1.54, 1.807) is 12.1 Å². The highest BCUT2D eigenvalue weighted by Crippen LogP contribution is 2.40. The number of aryl methyl sites for hydroxylation is 1. The Bertz CT molecular complexity index is 784. The van der Waals surface area contributed by atoms with Gasteiger partial charge in [0.2, 0.25) is 0 Å². The van der Waals surface area contributed by atoms with E-state index in [-0.39, 0.29) is 22.6 Å². The van der Waals surface area contributed by atoms with Crippen LogP contribution in [0.15, 0.2) is 23.4 Å². The molecule has 0 spiro atoms. The minimum atomic E-state index is -4.01. The monoisotopic (exact) mass is 315 g/mol. The molecule has 5 nitrogen and oxygen atoms in total. The first-order chi connectivity index (χ1) is 9.38. The highest BCUT2D eigenvalue weighted by Gasteiger charge is 2.34. The maximum atomic E-state index is 14.0. The Morgan fingerprint density at radius 1 is 1.35 bits per heavy atom. The average molecular weight is 316 g/mol. The van der Waals surface area contributed by atoms with Gasteiger partial charge in [0.1, 0.15) is 5.82 Å². The van der Waals surface area contributed by atoms with Crippen molar-refractivity contribution in [1.29, 1.82) is 0 Å². The minimum absolute atomic E-state index is 0.0385. The Balaban J connectivity index is 2.25. The number of nitrogens with zero attached hydrogens (tertiary/aromatic N) is 3. The van der Waals surface area contributed by atoms with Gasteiger partial charge in [0.15, 0.2) is 5.82 Å². The predicted molar refractivity (Wildman–Crippen MR) is 71.5 cm³/mol. The summed E-state index contributed by atoms with van der Waals surface area (Å²) in [5, 5.41) is 7.13. The molecule has 1 saturated carbocycles. The summed E-state index contributed by atoms with van der Waals surface area (Å²) in [4.78, 5) is 0. The van der Waals surface area contributed by atoms with Crippen LogP contribution in [-0.4, -0.2) is 23.2 Å². The summed E-state index contributed by atoms with van der Waals surface area (Å²) in [6.07, 6.45) is 1.61. The Morgan fingerprint density at radius 2 is 2.05 bits per heavy atom. The van der Waals surface area contributed by atoms with E-state index in [0.29, 0.717) is 0 Å². The first-order valence-electron chi connectivity index (χ1n) is 6.04. The van der Waals surface area contributed by atoms with E-state index in [9.17, 15) is 12.8 Å². The van der Waals surface area contributed by atoms with Crippen LogP contribution in [0.2, 0.25) is 0 Å². The molecule has 0 amide bonds. The van der Waals surface area contributed by atoms with Crippen LogP contribution in [0.4, 0.5) is 4.39 Å². The number of hydrogen-bond donors (Lipinski definition) is 0. The zero-order valence-electron chi connectivity index (χ0n) is 10.5. The molecule has 0 unspecified atom stereocenters. The lowest BCUT2D eigenvalue weighted by molar-refractivity contribution is 0.577. The summed E-state index contributed by atoms with van der Waals surface area (Å²) >= 11 is 0. The lowest BCUT2D eigenvalue weighted by Gasteiger charge is -2.08. The maximum absolute atomic E-state index is 14.0. The van der Waals surface area contributed by atoms with Gasteiger partial charge in [-0.05, 0) is 31.9 Å². The Kier molecular flexibility index (Phi) is 3.06. The van der Waals surface area contributed by atoms with Gasteiger partial charge in [0.25, 0.3) is 14.2 Å². The molecule has 0 N–H and O–H groups in total. The van der Waals surface area contributed by atoms with Crippen LogP contribution >= 0.6 is 10.7 Å². The van der Waals surface area contributed by atoms with Crippen molar-refractivity contribution < 1.29 is 12.8 Å². The summed E-state index contributed by atoms with van der Waals surface area (Å²) in [6.45, 7) is 1.82. The van der Waals surface area contributed by atoms with Crippen molar-refractivity contribution in [2.75, 3.05) is 0 Å². The van der Waals surface area contributed by atoms with Gasteiger partial charge in [0.05, 0.1) is 5.56 Å². The molecule has 0 atom stereocenters. The second kappa shape index (κ2) is 4.53. The minimum Gasteiger partial charge on any atom is -0.294 e. The summed E-state index contributed by atoms with van der Waals surface area (Å²) in [5.74, 6) is -0.267. The molecule has 1 aromatic carbocycles. The van der Waals surface area contributed by atoms with Gasteiger partial charge in [-0.1, -0.05) is 11.6 Å². The Hall–Kier alpha value is -1.47. The van der Waals surface area contributed by atoms with Gasteiger partial charge in [-0.2, -0.15) is 0 Å². The van der Waals surface area contributed by atoms with Crippen molar-refractivity contribution in [3.8, 4) is 11.4 Å². The number of hydrogen-bond acceptors (Lipinski definition) is 4. The van der Waals surface area contributed by atoms with E-state index in [0.717, 1.165) is 18.4 Å². The molecule has 0 bridgehead atoms. The molecule has 0 radical (unpaired) electrons. The zero-order chi connectivity index (χ0) is 14.5. The number of halogens is 2. The molecule has 3 rings (SSSR count). The van der Waals surface area contributed by atoms with Gasteiger partial charge >= 0.3 is 0 Å². The lowest BCUT2D eigenvalue weighted by atomic mass is 10.1. The van der Waals surface area contributed by atoms with E-state index >= 15 is 0 Å². The average Bonchev–Trinajstić information content (AvgIpc) is 3.09. The third-order valence-corrected chi connectivity index (χ3v) is 4.29. The standard InChI is InChI=1S/C12H11ClFN3O2S/c1-7-2-5-10(14)9(6-7)11-15-16-12(20(13,18)19)17(11)8-3-4-8/h2,5-6,8H,3-4H2,1H3. The summed E-state index contributed by atoms with van der Waals surface area (Å²) in [7, 11) is 1.35. The first kappa shape index (κ1) is 13.5. The van der Waals surface area contributed by atoms with Crippen LogP contribution in [-0.2, 0) is 9.05 Å². The number of benzene rings is 1. The van der Waals surface area contributed by atoms with E-state index in [1.807, 2.05) is 6.92 Å². The molecule has 20 heavy (non-hydrogen) atoms. The first-order valence-corrected chi connectivity index (χ1v) is 8.35. The second-order valence-corrected chi connectivity index (χ2v) is 7.29. The van der Waals surface area contributed by atoms with Crippen LogP contribution in [0.3, 0.4) is 0 Å². The normalized spacial score (nSPS) is 15.6. The summed E-state index contributed by atoms with van der Waals surface area (Å²) in [5.41, 5.74) is 1.08. The van der Waals surface area contributed by atoms with Crippen molar-refractivity contribution in [2.24, 2.45) is 0 Å². The van der Waals surface area contributed by atoms with Crippen molar-refractivity contribution in [2.45, 2.75) is 31.0 Å². The molecule has 106 valence electrons. The van der Waals surface area contributed by atoms with Crippen molar-refractivity contribution in [3.05, 3.63) is 29.6 Å². The van der Waals surface area contributed by atoms with Crippen molar-refractivity contribution in [1.82, 2.24) is 14.8 Å². The lowest BCUT2D eigenvalue weighted by Crippen LogP contribution is -2.06. The molecule has 1 heterocycles. The molecular formula is C12H11ClFN3O2S. The van der Waals surface area contributed by atoms with Crippen LogP contribution in [0.1, 0.15) is 24.4 Å². The second-order valence-electron chi connectivity index (χ2n) is 4.83. The van der Waals surface area contributed by atoms with Crippen LogP contribution in [0, 0.1) is 12.7 Å². The molecule has 2 aromatic rings. The maximum Gasteiger partial charge on any atom is 0.296 e. The fourth-order valence-corrected chi connectivity index (χ4v) is 3.02. The molecule has 1 aromatic heterocycles. The number of rotatable bonds is 3. The van der Waals surface area contributed by atoms with Crippen LogP contribution < -0.4 is 0 Å². The molecule has 0 saturated heterocycles. The van der Waals surface area contributed by atoms with E-state index in [4.69, 9.17) is 10.7 Å². The predicted octanol–water partition coefficient (Wildman–Crippen LogP) is 2.66. The highest BCUT2D eigenvalue weighted by atomic mass is 35.7. The largest absolute Gasteiger partial charge is 0.296 e. The van der Waals surface area contributed by atoms with E-state index in [1.165, 1.54) is 10.6 Å². The fourth-order valence-electron chi connectivity index (χ4n) is 2.10. The quantitative estimate of drug-likeness (QED) is 0.817. The van der Waals surface area contributed by atoms with Crippen molar-refractivity contribution >= 4 is 19.7 Å². The zero-order valence-corrected chi connectivity index (χ0v) is 12.1. The third-order valence-electron chi connectivity index (χ3n) is 3.16. The smallest absolute Gasteiger partial charge is 0.294 e. The van der Waals surface area contributed by atoms with Gasteiger partial charge in [0, 0.05) is 16.7 Å². The number of aromatic nitrogens is 3. The van der Waals surface area contributed by atoms with Gasteiger partial charge in [-0.15, -0.1) is 10.2 Å². The fraction of sp³-hybridized carbons (Fsp3) is 0.333. The van der Waals surface area contributed by atoms with Gasteiger partial charge in [-0.25, -0.2) is 12.8 Å². The third kappa shape index (κ3) is 2.31. The summed E-state index contributed by atoms with van der Waals surface area (Å²) in [6, 6.07) is 4.54. The van der Waals surface area contributed by atoms with E-state index in [2.05, 4.69) is 10.2 Å². The Morgan fingerprint density at radius 3 is 2.65 bits per heavy atom. The topological polar surface area (TPSA) is 64.8 Å². The summed E-state index contributed by atoms with van der Waals surface area (Å²) < 4.78 is 38.4. The van der Waals surface area contributed by atoms with Gasteiger partial charge < -0.3 is 0 Å². The molecular weight excluding hydrogens is 305 g/mol. The molecule has 8 heteroatoms.